The van der Waals surface area contributed by atoms with Gasteiger partial charge < -0.3 is 24.8 Å². The summed E-state index contributed by atoms with van der Waals surface area (Å²) in [6, 6.07) is 4.99. The Morgan fingerprint density at radius 2 is 2.28 bits per heavy atom. The van der Waals surface area contributed by atoms with Crippen molar-refractivity contribution in [2.24, 2.45) is 0 Å². The molecule has 1 saturated heterocycles. The van der Waals surface area contributed by atoms with E-state index in [0.29, 0.717) is 18.8 Å². The van der Waals surface area contributed by atoms with Crippen molar-refractivity contribution in [1.82, 2.24) is 15.2 Å². The van der Waals surface area contributed by atoms with Crippen LogP contribution in [0.4, 0.5) is 4.79 Å². The van der Waals surface area contributed by atoms with E-state index in [9.17, 15) is 9.59 Å². The topological polar surface area (TPSA) is 101 Å². The Hall–Kier alpha value is -2.35. The summed E-state index contributed by atoms with van der Waals surface area (Å²) in [6.07, 6.45) is 4.60. The number of ether oxygens (including phenoxy) is 2. The van der Waals surface area contributed by atoms with Crippen LogP contribution in [0.15, 0.2) is 24.4 Å². The number of nitrogens with one attached hydrogen (secondary N) is 1. The van der Waals surface area contributed by atoms with Gasteiger partial charge in [-0.1, -0.05) is 6.07 Å². The number of aromatic nitrogens is 1. The molecule has 8 nitrogen and oxygen atoms in total. The van der Waals surface area contributed by atoms with Gasteiger partial charge in [0.2, 0.25) is 5.88 Å². The van der Waals surface area contributed by atoms with Gasteiger partial charge in [0.05, 0.1) is 11.6 Å². The van der Waals surface area contributed by atoms with E-state index in [0.717, 1.165) is 19.3 Å². The Morgan fingerprint density at radius 1 is 1.44 bits per heavy atom. The highest BCUT2D eigenvalue weighted by molar-refractivity contribution is 5.80. The fourth-order valence-corrected chi connectivity index (χ4v) is 3.85. The molecule has 0 bridgehead atoms. The molecule has 2 amide bonds. The van der Waals surface area contributed by atoms with Crippen LogP contribution < -0.4 is 10.1 Å². The van der Waals surface area contributed by atoms with E-state index in [4.69, 9.17) is 14.6 Å². The van der Waals surface area contributed by atoms with Gasteiger partial charge in [-0.15, -0.1) is 0 Å². The molecule has 3 atom stereocenters. The number of pyridine rings is 1. The van der Waals surface area contributed by atoms with Crippen LogP contribution in [0.2, 0.25) is 0 Å². The monoisotopic (exact) mass is 349 g/mol. The molecule has 2 fully saturated rings. The molecule has 0 spiro atoms. The number of urea groups is 1. The summed E-state index contributed by atoms with van der Waals surface area (Å²) >= 11 is 0. The van der Waals surface area contributed by atoms with E-state index in [1.807, 2.05) is 18.2 Å². The van der Waals surface area contributed by atoms with Gasteiger partial charge in [0.1, 0.15) is 12.6 Å². The number of carboxylic acid groups (broad SMARTS) is 1. The van der Waals surface area contributed by atoms with Crippen LogP contribution in [-0.4, -0.2) is 64.9 Å². The quantitative estimate of drug-likeness (QED) is 0.830. The smallest absolute Gasteiger partial charge is 0.323 e. The summed E-state index contributed by atoms with van der Waals surface area (Å²) in [4.78, 5) is 28.9. The van der Waals surface area contributed by atoms with E-state index in [1.165, 1.54) is 0 Å². The van der Waals surface area contributed by atoms with Gasteiger partial charge in [-0.2, -0.15) is 0 Å². The lowest BCUT2D eigenvalue weighted by Gasteiger charge is -2.43. The molecule has 0 unspecified atom stereocenters. The summed E-state index contributed by atoms with van der Waals surface area (Å²) < 4.78 is 11.8. The number of carboxylic acids is 1. The summed E-state index contributed by atoms with van der Waals surface area (Å²) in [6.45, 7) is 0.149. The van der Waals surface area contributed by atoms with Crippen molar-refractivity contribution >= 4 is 12.0 Å². The third kappa shape index (κ3) is 3.68. The Balaban J connectivity index is 1.69. The van der Waals surface area contributed by atoms with E-state index in [2.05, 4.69) is 10.3 Å². The zero-order valence-electron chi connectivity index (χ0n) is 14.2. The first-order chi connectivity index (χ1) is 12.0. The number of rotatable bonds is 5. The van der Waals surface area contributed by atoms with Gasteiger partial charge in [-0.3, -0.25) is 4.79 Å². The highest BCUT2D eigenvalue weighted by Crippen LogP contribution is 2.43. The second-order valence-electron chi connectivity index (χ2n) is 6.46. The first-order valence-electron chi connectivity index (χ1n) is 8.43. The van der Waals surface area contributed by atoms with Gasteiger partial charge in [0, 0.05) is 32.3 Å². The Kier molecular flexibility index (Phi) is 5.08. The van der Waals surface area contributed by atoms with Gasteiger partial charge in [-0.25, -0.2) is 9.78 Å². The number of aliphatic carboxylic acids is 1. The van der Waals surface area contributed by atoms with Crippen molar-refractivity contribution in [2.45, 2.75) is 43.4 Å². The first-order valence-corrected chi connectivity index (χ1v) is 8.43. The minimum absolute atomic E-state index is 0.0592. The summed E-state index contributed by atoms with van der Waals surface area (Å²) in [5, 5.41) is 11.2. The summed E-state index contributed by atoms with van der Waals surface area (Å²) in [7, 11) is 1.67. The highest BCUT2D eigenvalue weighted by Gasteiger charge is 2.53. The van der Waals surface area contributed by atoms with Gasteiger partial charge in [0.15, 0.2) is 0 Å². The predicted molar refractivity (Wildman–Crippen MR) is 88.4 cm³/mol. The number of nitrogens with zero attached hydrogens (tertiary/aromatic N) is 2. The molecule has 1 aliphatic carbocycles. The van der Waals surface area contributed by atoms with Crippen LogP contribution in [-0.2, 0) is 9.53 Å². The second-order valence-corrected chi connectivity index (χ2v) is 6.46. The third-order valence-corrected chi connectivity index (χ3v) is 5.12. The fraction of sp³-hybridized carbons (Fsp3) is 0.588. The number of likely N-dealkylation sites (tertiary alicyclic amines) is 1. The van der Waals surface area contributed by atoms with Gasteiger partial charge >= 0.3 is 12.0 Å². The van der Waals surface area contributed by atoms with Crippen LogP contribution in [0.1, 0.15) is 25.7 Å². The van der Waals surface area contributed by atoms with E-state index < -0.39 is 12.5 Å². The maximum absolute atomic E-state index is 12.4. The number of methoxy groups -OCH3 is 1. The number of carbonyl (C=O) groups excluding carboxylic acids is 1. The van der Waals surface area contributed by atoms with Crippen LogP contribution in [0.3, 0.4) is 0 Å². The van der Waals surface area contributed by atoms with E-state index in [1.54, 1.807) is 18.2 Å². The maximum atomic E-state index is 12.4. The fourth-order valence-electron chi connectivity index (χ4n) is 3.85. The maximum Gasteiger partial charge on any atom is 0.323 e. The van der Waals surface area contributed by atoms with Crippen molar-refractivity contribution in [3.05, 3.63) is 24.4 Å². The molecule has 0 radical (unpaired) electrons. The highest BCUT2D eigenvalue weighted by atomic mass is 16.5. The van der Waals surface area contributed by atoms with Crippen molar-refractivity contribution in [2.75, 3.05) is 20.2 Å². The molecule has 1 saturated carbocycles. The molecule has 25 heavy (non-hydrogen) atoms. The lowest BCUT2D eigenvalue weighted by molar-refractivity contribution is -0.135. The zero-order valence-corrected chi connectivity index (χ0v) is 14.2. The molecular weight excluding hydrogens is 326 g/mol. The molecule has 3 rings (SSSR count). The molecule has 136 valence electrons. The van der Waals surface area contributed by atoms with E-state index >= 15 is 0 Å². The van der Waals surface area contributed by atoms with Crippen LogP contribution >= 0.6 is 0 Å². The van der Waals surface area contributed by atoms with Crippen molar-refractivity contribution in [1.29, 1.82) is 0 Å². The lowest BCUT2D eigenvalue weighted by Crippen LogP contribution is -2.55. The average molecular weight is 349 g/mol. The normalized spacial score (nSPS) is 28.3. The standard InChI is InChI=1S/C17H23N3O5/c1-24-17-6-5-12(25-14-4-2-3-8-18-14)10-13(17)20(9-7-17)16(23)19-11-15(21)22/h2-4,8,12-13H,5-7,9-11H2,1H3,(H,19,23)(H,21,22)/t12-,13-,17+/m0/s1. The zero-order chi connectivity index (χ0) is 17.9. The third-order valence-electron chi connectivity index (χ3n) is 5.12. The van der Waals surface area contributed by atoms with Crippen LogP contribution in [0.5, 0.6) is 5.88 Å². The van der Waals surface area contributed by atoms with Crippen LogP contribution in [0, 0.1) is 0 Å². The number of amides is 2. The Labute approximate surface area is 146 Å². The van der Waals surface area contributed by atoms with Crippen molar-refractivity contribution < 1.29 is 24.2 Å². The van der Waals surface area contributed by atoms with Gasteiger partial charge in [-0.05, 0) is 25.3 Å². The van der Waals surface area contributed by atoms with Crippen molar-refractivity contribution in [3.8, 4) is 5.88 Å². The Morgan fingerprint density at radius 3 is 2.96 bits per heavy atom. The molecule has 2 aliphatic rings. The Bertz CT molecular complexity index is 626. The minimum atomic E-state index is -1.06. The van der Waals surface area contributed by atoms with Crippen LogP contribution in [0.25, 0.3) is 0 Å². The molecular formula is C17H23N3O5. The van der Waals surface area contributed by atoms with Crippen molar-refractivity contribution in [3.63, 3.8) is 0 Å². The summed E-state index contributed by atoms with van der Waals surface area (Å²) in [5.74, 6) is -0.497. The molecule has 1 aromatic rings. The van der Waals surface area contributed by atoms with E-state index in [-0.39, 0.29) is 23.8 Å². The number of hydrogen-bond acceptors (Lipinski definition) is 5. The SMILES string of the molecule is CO[C@@]12CC[C@H](Oc3ccccn3)C[C@@H]1N(C(=O)NCC(=O)O)CC2. The summed E-state index contributed by atoms with van der Waals surface area (Å²) in [5.41, 5.74) is -0.384. The second kappa shape index (κ2) is 7.26. The number of fused-ring (bicyclic) bond motifs is 1. The molecule has 0 aromatic carbocycles. The first kappa shape index (κ1) is 17.5. The largest absolute Gasteiger partial charge is 0.480 e. The number of carbonyl (C=O) groups is 2. The minimum Gasteiger partial charge on any atom is -0.480 e. The molecule has 8 heteroatoms. The average Bonchev–Trinajstić information content (AvgIpc) is 3.00. The molecule has 2 heterocycles. The predicted octanol–water partition coefficient (Wildman–Crippen LogP) is 1.27. The molecule has 1 aliphatic heterocycles. The number of hydrogen-bond donors (Lipinski definition) is 2. The molecule has 1 aromatic heterocycles. The lowest BCUT2D eigenvalue weighted by atomic mass is 9.79. The molecule has 2 N–H and O–H groups in total. The van der Waals surface area contributed by atoms with Gasteiger partial charge in [0.25, 0.3) is 0 Å².